The molecule has 1 heterocycles. The highest BCUT2D eigenvalue weighted by molar-refractivity contribution is 5.14. The molecule has 94 valence electrons. The fourth-order valence-corrected chi connectivity index (χ4v) is 2.37. The zero-order chi connectivity index (χ0) is 12.3. The Labute approximate surface area is 101 Å². The summed E-state index contributed by atoms with van der Waals surface area (Å²) in [6.07, 6.45) is 5.77. The molecule has 0 radical (unpaired) electrons. The highest BCUT2D eigenvalue weighted by Crippen LogP contribution is 2.25. The number of nitrogens with one attached hydrogen (secondary N) is 1. The number of aliphatic hydroxyl groups excluding tert-OH is 1. The lowest BCUT2D eigenvalue weighted by Crippen LogP contribution is -2.29. The highest BCUT2D eigenvalue weighted by atomic mass is 19.1. The summed E-state index contributed by atoms with van der Waals surface area (Å²) in [5.74, 6) is 0.0241. The van der Waals surface area contributed by atoms with Crippen LogP contribution in [0.1, 0.15) is 37.8 Å². The first-order chi connectivity index (χ1) is 8.16. The standard InChI is InChI=1S/C13H19FN2O/c1-9(11-5-12(14)8-15-6-11)16-7-10-3-2-4-13(10)17/h5-6,8-10,13,16-17H,2-4,7H2,1H3. The molecule has 1 aromatic heterocycles. The van der Waals surface area contributed by atoms with Crippen LogP contribution in [0.15, 0.2) is 18.5 Å². The van der Waals surface area contributed by atoms with Gasteiger partial charge in [0.1, 0.15) is 5.82 Å². The normalized spacial score (nSPS) is 26.1. The minimum absolute atomic E-state index is 0.0611. The van der Waals surface area contributed by atoms with Gasteiger partial charge in [-0.15, -0.1) is 0 Å². The minimum Gasteiger partial charge on any atom is -0.393 e. The lowest BCUT2D eigenvalue weighted by Gasteiger charge is -2.19. The van der Waals surface area contributed by atoms with Gasteiger partial charge in [-0.1, -0.05) is 6.42 Å². The minimum atomic E-state index is -0.308. The summed E-state index contributed by atoms with van der Waals surface area (Å²) in [7, 11) is 0. The second kappa shape index (κ2) is 5.56. The Morgan fingerprint density at radius 2 is 2.35 bits per heavy atom. The van der Waals surface area contributed by atoms with Crippen molar-refractivity contribution in [2.45, 2.75) is 38.3 Å². The summed E-state index contributed by atoms with van der Waals surface area (Å²) in [5, 5.41) is 13.0. The van der Waals surface area contributed by atoms with E-state index in [0.29, 0.717) is 5.92 Å². The van der Waals surface area contributed by atoms with Crippen LogP contribution in [0.3, 0.4) is 0 Å². The van der Waals surface area contributed by atoms with E-state index in [1.54, 1.807) is 6.20 Å². The summed E-state index contributed by atoms with van der Waals surface area (Å²) < 4.78 is 13.0. The van der Waals surface area contributed by atoms with Gasteiger partial charge in [-0.3, -0.25) is 4.98 Å². The van der Waals surface area contributed by atoms with Crippen molar-refractivity contribution >= 4 is 0 Å². The summed E-state index contributed by atoms with van der Waals surface area (Å²) in [5.41, 5.74) is 0.845. The fraction of sp³-hybridized carbons (Fsp3) is 0.615. The molecule has 1 fully saturated rings. The van der Waals surface area contributed by atoms with Crippen LogP contribution in [-0.4, -0.2) is 22.7 Å². The molecule has 1 aliphatic carbocycles. The van der Waals surface area contributed by atoms with Gasteiger partial charge in [0, 0.05) is 18.8 Å². The van der Waals surface area contributed by atoms with Crippen LogP contribution in [0.2, 0.25) is 0 Å². The van der Waals surface area contributed by atoms with Crippen molar-refractivity contribution in [1.82, 2.24) is 10.3 Å². The molecule has 17 heavy (non-hydrogen) atoms. The van der Waals surface area contributed by atoms with E-state index < -0.39 is 0 Å². The molecule has 0 amide bonds. The van der Waals surface area contributed by atoms with Gasteiger partial charge in [0.05, 0.1) is 12.3 Å². The van der Waals surface area contributed by atoms with Gasteiger partial charge in [-0.25, -0.2) is 4.39 Å². The average molecular weight is 238 g/mol. The number of rotatable bonds is 4. The van der Waals surface area contributed by atoms with E-state index in [0.717, 1.165) is 31.4 Å². The number of aromatic nitrogens is 1. The third-order valence-corrected chi connectivity index (χ3v) is 3.53. The Bertz CT molecular complexity index is 372. The predicted molar refractivity (Wildman–Crippen MR) is 64.0 cm³/mol. The molecule has 2 rings (SSSR count). The first-order valence-electron chi connectivity index (χ1n) is 6.18. The predicted octanol–water partition coefficient (Wildman–Crippen LogP) is 2.03. The van der Waals surface area contributed by atoms with Crippen molar-refractivity contribution in [3.8, 4) is 0 Å². The Balaban J connectivity index is 1.86. The second-order valence-electron chi connectivity index (χ2n) is 4.82. The fourth-order valence-electron chi connectivity index (χ4n) is 2.37. The third-order valence-electron chi connectivity index (χ3n) is 3.53. The smallest absolute Gasteiger partial charge is 0.141 e. The molecular formula is C13H19FN2O. The van der Waals surface area contributed by atoms with Crippen molar-refractivity contribution in [1.29, 1.82) is 0 Å². The molecule has 2 N–H and O–H groups in total. The lowest BCUT2D eigenvalue weighted by molar-refractivity contribution is 0.130. The van der Waals surface area contributed by atoms with Crippen LogP contribution >= 0.6 is 0 Å². The number of hydrogen-bond donors (Lipinski definition) is 2. The topological polar surface area (TPSA) is 45.1 Å². The summed E-state index contributed by atoms with van der Waals surface area (Å²) >= 11 is 0. The maximum atomic E-state index is 13.0. The zero-order valence-electron chi connectivity index (χ0n) is 10.1. The average Bonchev–Trinajstić information content (AvgIpc) is 2.72. The lowest BCUT2D eigenvalue weighted by atomic mass is 10.0. The number of pyridine rings is 1. The first-order valence-corrected chi connectivity index (χ1v) is 6.18. The van der Waals surface area contributed by atoms with Crippen LogP contribution in [0.25, 0.3) is 0 Å². The Hall–Kier alpha value is -1.00. The SMILES string of the molecule is CC(NCC1CCCC1O)c1cncc(F)c1. The maximum absolute atomic E-state index is 13.0. The van der Waals surface area contributed by atoms with Gasteiger partial charge >= 0.3 is 0 Å². The Kier molecular flexibility index (Phi) is 4.07. The van der Waals surface area contributed by atoms with Crippen LogP contribution < -0.4 is 5.32 Å². The van der Waals surface area contributed by atoms with Gasteiger partial charge in [0.15, 0.2) is 0 Å². The molecule has 0 spiro atoms. The van der Waals surface area contributed by atoms with E-state index >= 15 is 0 Å². The molecule has 1 aliphatic rings. The summed E-state index contributed by atoms with van der Waals surface area (Å²) in [6.45, 7) is 2.76. The van der Waals surface area contributed by atoms with Gasteiger partial charge in [0.25, 0.3) is 0 Å². The number of halogens is 1. The molecule has 1 aromatic rings. The van der Waals surface area contributed by atoms with E-state index in [1.165, 1.54) is 12.3 Å². The molecular weight excluding hydrogens is 219 g/mol. The third kappa shape index (κ3) is 3.23. The quantitative estimate of drug-likeness (QED) is 0.843. The number of aliphatic hydroxyl groups is 1. The van der Waals surface area contributed by atoms with E-state index in [1.807, 2.05) is 6.92 Å². The molecule has 0 saturated heterocycles. The Morgan fingerprint density at radius 3 is 3.00 bits per heavy atom. The molecule has 3 nitrogen and oxygen atoms in total. The first kappa shape index (κ1) is 12.5. The molecule has 0 aromatic carbocycles. The largest absolute Gasteiger partial charge is 0.393 e. The van der Waals surface area contributed by atoms with E-state index in [9.17, 15) is 9.50 Å². The molecule has 0 aliphatic heterocycles. The number of hydrogen-bond acceptors (Lipinski definition) is 3. The van der Waals surface area contributed by atoms with Crippen molar-refractivity contribution in [3.05, 3.63) is 29.8 Å². The van der Waals surface area contributed by atoms with Gasteiger partial charge in [-0.2, -0.15) is 0 Å². The van der Waals surface area contributed by atoms with E-state index in [-0.39, 0.29) is 18.0 Å². The molecule has 0 bridgehead atoms. The van der Waals surface area contributed by atoms with Crippen molar-refractivity contribution in [2.24, 2.45) is 5.92 Å². The van der Waals surface area contributed by atoms with Gasteiger partial charge in [0.2, 0.25) is 0 Å². The Morgan fingerprint density at radius 1 is 1.53 bits per heavy atom. The number of nitrogens with zero attached hydrogens (tertiary/aromatic N) is 1. The highest BCUT2D eigenvalue weighted by Gasteiger charge is 2.25. The van der Waals surface area contributed by atoms with E-state index in [2.05, 4.69) is 10.3 Å². The van der Waals surface area contributed by atoms with Crippen molar-refractivity contribution in [3.63, 3.8) is 0 Å². The summed E-state index contributed by atoms with van der Waals surface area (Å²) in [4.78, 5) is 3.84. The monoisotopic (exact) mass is 238 g/mol. The van der Waals surface area contributed by atoms with E-state index in [4.69, 9.17) is 0 Å². The molecule has 4 heteroatoms. The van der Waals surface area contributed by atoms with Crippen molar-refractivity contribution < 1.29 is 9.50 Å². The molecule has 1 saturated carbocycles. The molecule has 3 atom stereocenters. The maximum Gasteiger partial charge on any atom is 0.141 e. The van der Waals surface area contributed by atoms with Crippen molar-refractivity contribution in [2.75, 3.05) is 6.54 Å². The second-order valence-corrected chi connectivity index (χ2v) is 4.82. The van der Waals surface area contributed by atoms with Gasteiger partial charge in [-0.05, 0) is 37.3 Å². The van der Waals surface area contributed by atoms with Crippen LogP contribution in [0.4, 0.5) is 4.39 Å². The van der Waals surface area contributed by atoms with Crippen LogP contribution in [0.5, 0.6) is 0 Å². The molecule has 3 unspecified atom stereocenters. The van der Waals surface area contributed by atoms with Crippen LogP contribution in [0, 0.1) is 11.7 Å². The zero-order valence-corrected chi connectivity index (χ0v) is 10.1. The summed E-state index contributed by atoms with van der Waals surface area (Å²) in [6, 6.07) is 1.56. The van der Waals surface area contributed by atoms with Gasteiger partial charge < -0.3 is 10.4 Å². The van der Waals surface area contributed by atoms with Crippen LogP contribution in [-0.2, 0) is 0 Å².